The van der Waals surface area contributed by atoms with Crippen molar-refractivity contribution < 1.29 is 4.74 Å². The Morgan fingerprint density at radius 3 is 1.92 bits per heavy atom. The summed E-state index contributed by atoms with van der Waals surface area (Å²) in [5.41, 5.74) is 4.45. The van der Waals surface area contributed by atoms with Gasteiger partial charge in [0.2, 0.25) is 0 Å². The Bertz CT molecular complexity index is 983. The van der Waals surface area contributed by atoms with E-state index in [0.717, 1.165) is 33.4 Å². The van der Waals surface area contributed by atoms with Crippen LogP contribution in [-0.2, 0) is 0 Å². The maximum absolute atomic E-state index is 5.73. The minimum Gasteiger partial charge on any atom is -0.496 e. The number of nitrogens with zero attached hydrogens (tertiary/aromatic N) is 2. The lowest BCUT2D eigenvalue weighted by molar-refractivity contribution is 0.417. The third-order valence-electron chi connectivity index (χ3n) is 4.19. The Balaban J connectivity index is 2.09. The molecule has 3 heteroatoms. The molecule has 3 nitrogen and oxygen atoms in total. The number of rotatable bonds is 3. The summed E-state index contributed by atoms with van der Waals surface area (Å²) in [7, 11) is 1.71. The van der Waals surface area contributed by atoms with E-state index >= 15 is 0 Å². The molecule has 0 atom stereocenters. The number of ether oxygens (including phenoxy) is 1. The molecule has 2 aromatic heterocycles. The fourth-order valence-electron chi connectivity index (χ4n) is 3.10. The number of pyridine rings is 2. The van der Waals surface area contributed by atoms with Crippen LogP contribution in [0.2, 0.25) is 0 Å². The van der Waals surface area contributed by atoms with E-state index in [4.69, 9.17) is 4.74 Å². The third kappa shape index (κ3) is 2.40. The first-order valence-electron chi connectivity index (χ1n) is 7.79. The lowest BCUT2D eigenvalue weighted by atomic mass is 9.92. The highest BCUT2D eigenvalue weighted by Crippen LogP contribution is 2.42. The molecule has 24 heavy (non-hydrogen) atoms. The van der Waals surface area contributed by atoms with Crippen LogP contribution in [0.4, 0.5) is 0 Å². The van der Waals surface area contributed by atoms with Crippen molar-refractivity contribution in [2.24, 2.45) is 0 Å². The van der Waals surface area contributed by atoms with Gasteiger partial charge in [0, 0.05) is 30.4 Å². The predicted molar refractivity (Wildman–Crippen MR) is 97.0 cm³/mol. The Labute approximate surface area is 140 Å². The van der Waals surface area contributed by atoms with Gasteiger partial charge in [-0.25, -0.2) is 0 Å². The van der Waals surface area contributed by atoms with E-state index in [1.807, 2.05) is 36.7 Å². The minimum absolute atomic E-state index is 0.853. The van der Waals surface area contributed by atoms with E-state index < -0.39 is 0 Å². The normalized spacial score (nSPS) is 10.7. The second kappa shape index (κ2) is 6.13. The molecule has 0 amide bonds. The zero-order chi connectivity index (χ0) is 16.4. The van der Waals surface area contributed by atoms with E-state index in [9.17, 15) is 0 Å². The number of methoxy groups -OCH3 is 1. The zero-order valence-electron chi connectivity index (χ0n) is 13.3. The lowest BCUT2D eigenvalue weighted by Crippen LogP contribution is -1.93. The van der Waals surface area contributed by atoms with Gasteiger partial charge < -0.3 is 4.74 Å². The summed E-state index contributed by atoms with van der Waals surface area (Å²) in [6, 6.07) is 18.6. The second-order valence-corrected chi connectivity index (χ2v) is 5.52. The first kappa shape index (κ1) is 14.4. The molecule has 2 heterocycles. The summed E-state index contributed by atoms with van der Waals surface area (Å²) in [4.78, 5) is 8.24. The molecule has 0 bridgehead atoms. The zero-order valence-corrected chi connectivity index (χ0v) is 13.3. The highest BCUT2D eigenvalue weighted by atomic mass is 16.5. The molecule has 0 unspecified atom stereocenters. The molecule has 0 aliphatic rings. The van der Waals surface area contributed by atoms with Gasteiger partial charge in [-0.05, 0) is 57.8 Å². The van der Waals surface area contributed by atoms with Gasteiger partial charge in [0.15, 0.2) is 0 Å². The molecule has 0 spiro atoms. The quantitative estimate of drug-likeness (QED) is 0.535. The molecule has 0 aliphatic carbocycles. The van der Waals surface area contributed by atoms with E-state index in [0.29, 0.717) is 0 Å². The van der Waals surface area contributed by atoms with Crippen LogP contribution in [0, 0.1) is 0 Å². The average molecular weight is 312 g/mol. The Morgan fingerprint density at radius 1 is 0.708 bits per heavy atom. The van der Waals surface area contributed by atoms with E-state index in [2.05, 4.69) is 40.3 Å². The predicted octanol–water partition coefficient (Wildman–Crippen LogP) is 4.97. The van der Waals surface area contributed by atoms with Crippen molar-refractivity contribution in [3.63, 3.8) is 0 Å². The van der Waals surface area contributed by atoms with Crippen LogP contribution in [0.25, 0.3) is 33.0 Å². The van der Waals surface area contributed by atoms with E-state index in [1.165, 1.54) is 5.39 Å². The monoisotopic (exact) mass is 312 g/mol. The van der Waals surface area contributed by atoms with E-state index in [1.54, 1.807) is 19.5 Å². The van der Waals surface area contributed by atoms with Gasteiger partial charge in [-0.2, -0.15) is 0 Å². The van der Waals surface area contributed by atoms with Gasteiger partial charge in [0.25, 0.3) is 0 Å². The largest absolute Gasteiger partial charge is 0.496 e. The highest BCUT2D eigenvalue weighted by molar-refractivity contribution is 6.07. The number of hydrogen-bond donors (Lipinski definition) is 0. The van der Waals surface area contributed by atoms with Gasteiger partial charge in [0.05, 0.1) is 7.11 Å². The van der Waals surface area contributed by atoms with Gasteiger partial charge in [-0.1, -0.05) is 24.3 Å². The second-order valence-electron chi connectivity index (χ2n) is 5.52. The van der Waals surface area contributed by atoms with Crippen molar-refractivity contribution in [2.45, 2.75) is 0 Å². The molecule has 0 aliphatic heterocycles. The Hall–Kier alpha value is -3.20. The van der Waals surface area contributed by atoms with Gasteiger partial charge in [-0.15, -0.1) is 0 Å². The molecule has 0 N–H and O–H groups in total. The first-order chi connectivity index (χ1) is 11.9. The maximum Gasteiger partial charge on any atom is 0.127 e. The van der Waals surface area contributed by atoms with Gasteiger partial charge in [0.1, 0.15) is 5.75 Å². The smallest absolute Gasteiger partial charge is 0.127 e. The SMILES string of the molecule is COc1cc(-c2ccncc2)c2ccccc2c1-c1ccncc1. The van der Waals surface area contributed by atoms with Crippen molar-refractivity contribution in [2.75, 3.05) is 7.11 Å². The third-order valence-corrected chi connectivity index (χ3v) is 4.19. The molecular formula is C21H16N2O. The van der Waals surface area contributed by atoms with Crippen LogP contribution in [-0.4, -0.2) is 17.1 Å². The van der Waals surface area contributed by atoms with Crippen molar-refractivity contribution in [1.82, 2.24) is 9.97 Å². The summed E-state index contributed by atoms with van der Waals surface area (Å²) in [5.74, 6) is 0.853. The fraction of sp³-hybridized carbons (Fsp3) is 0.0476. The molecule has 0 saturated carbocycles. The standard InChI is InChI=1S/C21H16N2O/c1-24-20-14-19(15-6-10-22-11-7-15)17-4-2-3-5-18(17)21(20)16-8-12-23-13-9-16/h2-14H,1H3. The molecule has 0 radical (unpaired) electrons. The maximum atomic E-state index is 5.73. The van der Waals surface area contributed by atoms with Crippen molar-refractivity contribution in [3.8, 4) is 28.0 Å². The molecule has 4 rings (SSSR count). The van der Waals surface area contributed by atoms with Gasteiger partial charge >= 0.3 is 0 Å². The Kier molecular flexibility index (Phi) is 3.67. The van der Waals surface area contributed by atoms with Gasteiger partial charge in [-0.3, -0.25) is 9.97 Å². The van der Waals surface area contributed by atoms with Crippen LogP contribution >= 0.6 is 0 Å². The summed E-state index contributed by atoms with van der Waals surface area (Å²) in [6.45, 7) is 0. The van der Waals surface area contributed by atoms with E-state index in [-0.39, 0.29) is 0 Å². The lowest BCUT2D eigenvalue weighted by Gasteiger charge is -2.16. The summed E-state index contributed by atoms with van der Waals surface area (Å²) < 4.78 is 5.73. The molecule has 0 saturated heterocycles. The fourth-order valence-corrected chi connectivity index (χ4v) is 3.10. The number of aromatic nitrogens is 2. The highest BCUT2D eigenvalue weighted by Gasteiger charge is 2.15. The van der Waals surface area contributed by atoms with Crippen molar-refractivity contribution >= 4 is 10.8 Å². The van der Waals surface area contributed by atoms with Crippen molar-refractivity contribution in [3.05, 3.63) is 79.4 Å². The molecule has 4 aromatic rings. The number of benzene rings is 2. The molecular weight excluding hydrogens is 296 g/mol. The summed E-state index contributed by atoms with van der Waals surface area (Å²) in [6.07, 6.45) is 7.24. The molecule has 2 aromatic carbocycles. The molecule has 0 fully saturated rings. The van der Waals surface area contributed by atoms with Crippen LogP contribution in [0.5, 0.6) is 5.75 Å². The number of fused-ring (bicyclic) bond motifs is 1. The minimum atomic E-state index is 0.853. The summed E-state index contributed by atoms with van der Waals surface area (Å²) in [5, 5.41) is 2.35. The van der Waals surface area contributed by atoms with Crippen LogP contribution in [0.3, 0.4) is 0 Å². The van der Waals surface area contributed by atoms with Crippen LogP contribution < -0.4 is 4.74 Å². The first-order valence-corrected chi connectivity index (χ1v) is 7.79. The summed E-state index contributed by atoms with van der Waals surface area (Å²) >= 11 is 0. The topological polar surface area (TPSA) is 35.0 Å². The van der Waals surface area contributed by atoms with Crippen molar-refractivity contribution in [1.29, 1.82) is 0 Å². The van der Waals surface area contributed by atoms with Crippen LogP contribution in [0.1, 0.15) is 0 Å². The molecule has 116 valence electrons. The average Bonchev–Trinajstić information content (AvgIpc) is 2.68. The van der Waals surface area contributed by atoms with Crippen LogP contribution in [0.15, 0.2) is 79.4 Å². The number of hydrogen-bond acceptors (Lipinski definition) is 3. The Morgan fingerprint density at radius 2 is 1.29 bits per heavy atom.